The quantitative estimate of drug-likeness (QED) is 0.0593. The average molecular weight is 966 g/mol. The predicted molar refractivity (Wildman–Crippen MR) is 250 cm³/mol. The van der Waals surface area contributed by atoms with E-state index >= 15 is 0 Å². The van der Waals surface area contributed by atoms with Gasteiger partial charge >= 0.3 is 35.8 Å². The molecule has 0 saturated carbocycles. The molecule has 1 aliphatic carbocycles. The van der Waals surface area contributed by atoms with E-state index in [-0.39, 0.29) is 18.4 Å². The van der Waals surface area contributed by atoms with Gasteiger partial charge in [-0.3, -0.25) is 28.8 Å². The molecule has 0 amide bonds. The summed E-state index contributed by atoms with van der Waals surface area (Å²) >= 11 is 0. The van der Waals surface area contributed by atoms with Gasteiger partial charge in [0, 0.05) is 5.92 Å². The van der Waals surface area contributed by atoms with Gasteiger partial charge in [-0.1, -0.05) is 0 Å². The van der Waals surface area contributed by atoms with E-state index in [0.717, 1.165) is 0 Å². The fraction of sp³-hybridized carbons (Fsp3) is 0.760. The highest BCUT2D eigenvalue weighted by atomic mass is 28.4. The van der Waals surface area contributed by atoms with E-state index in [9.17, 15) is 30.1 Å². The third-order valence-electron chi connectivity index (χ3n) is 10.4. The van der Waals surface area contributed by atoms with Crippen molar-refractivity contribution in [2.75, 3.05) is 13.2 Å². The number of fused-ring (bicyclic) bond motifs is 1. The summed E-state index contributed by atoms with van der Waals surface area (Å²) in [6.07, 6.45) is -6.36. The van der Waals surface area contributed by atoms with Gasteiger partial charge in [0.15, 0.2) is 18.3 Å². The van der Waals surface area contributed by atoms with Crippen molar-refractivity contribution in [1.29, 1.82) is 0 Å². The molecule has 2 aliphatic heterocycles. The second-order valence-corrected chi connectivity index (χ2v) is 29.1. The maximum atomic E-state index is 14.0. The number of carbonyl (C=O) groups is 6. The first kappa shape index (κ1) is 55.4. The first-order chi connectivity index (χ1) is 30.5. The molecule has 0 spiro atoms. The molecule has 0 aromatic rings. The topological polar surface area (TPSA) is 195 Å². The van der Waals surface area contributed by atoms with Crippen LogP contribution in [-0.4, -0.2) is 100 Å². The number of hydrogen-bond donors (Lipinski definition) is 0. The van der Waals surface area contributed by atoms with Crippen LogP contribution in [0.4, 0.5) is 0 Å². The molecule has 67 heavy (non-hydrogen) atoms. The molecule has 0 N–H and O–H groups in total. The van der Waals surface area contributed by atoms with E-state index in [4.69, 9.17) is 47.1 Å². The molecule has 9 atom stereocenters. The van der Waals surface area contributed by atoms with Crippen LogP contribution >= 0.6 is 0 Å². The van der Waals surface area contributed by atoms with E-state index in [1.165, 1.54) is 12.3 Å². The Bertz CT molecular complexity index is 1970. The average Bonchev–Trinajstić information content (AvgIpc) is 3.37. The molecular weight excluding hydrogens is 885 g/mol. The van der Waals surface area contributed by atoms with E-state index in [2.05, 4.69) is 0 Å². The van der Waals surface area contributed by atoms with Gasteiger partial charge in [-0.05, 0) is 168 Å². The van der Waals surface area contributed by atoms with Crippen LogP contribution < -0.4 is 0 Å². The molecule has 16 nitrogen and oxygen atoms in total. The summed E-state index contributed by atoms with van der Waals surface area (Å²) in [5, 5.41) is 0. The molecule has 0 radical (unpaired) electrons. The van der Waals surface area contributed by atoms with Gasteiger partial charge in [-0.25, -0.2) is 0 Å². The Kier molecular flexibility index (Phi) is 17.2. The summed E-state index contributed by atoms with van der Waals surface area (Å²) in [5.74, 6) is -6.00. The first-order valence-electron chi connectivity index (χ1n) is 23.5. The minimum absolute atomic E-state index is 0.206. The molecule has 0 bridgehead atoms. The van der Waals surface area contributed by atoms with Crippen LogP contribution in [0.15, 0.2) is 35.8 Å². The number of hydrogen-bond acceptors (Lipinski definition) is 16. The Labute approximate surface area is 401 Å². The van der Waals surface area contributed by atoms with Gasteiger partial charge in [-0.15, -0.1) is 0 Å². The lowest BCUT2D eigenvalue weighted by Gasteiger charge is -2.46. The maximum Gasteiger partial charge on any atom is 0.311 e. The van der Waals surface area contributed by atoms with Crippen molar-refractivity contribution in [2.24, 2.45) is 44.3 Å². The molecule has 3 rings (SSSR count). The lowest BCUT2D eigenvalue weighted by Crippen LogP contribution is -2.64. The third kappa shape index (κ3) is 15.9. The smallest absolute Gasteiger partial charge is 0.311 e. The highest BCUT2D eigenvalue weighted by Gasteiger charge is 2.58. The monoisotopic (exact) mass is 966 g/mol. The second-order valence-electron chi connectivity index (χ2n) is 24.7. The minimum atomic E-state index is -2.44. The van der Waals surface area contributed by atoms with E-state index in [0.29, 0.717) is 5.57 Å². The van der Waals surface area contributed by atoms with E-state index < -0.39 is 138 Å². The summed E-state index contributed by atoms with van der Waals surface area (Å²) in [6, 6.07) is 0. The van der Waals surface area contributed by atoms with Crippen molar-refractivity contribution in [3.8, 4) is 0 Å². The Morgan fingerprint density at radius 3 is 1.48 bits per heavy atom. The summed E-state index contributed by atoms with van der Waals surface area (Å²) in [4.78, 5) is 82.2. The summed E-state index contributed by atoms with van der Waals surface area (Å²) in [5.41, 5.74) is -5.55. The van der Waals surface area contributed by atoms with Gasteiger partial charge in [0.2, 0.25) is 20.9 Å². The molecule has 2 heterocycles. The van der Waals surface area contributed by atoms with Crippen LogP contribution in [0.2, 0.25) is 19.6 Å². The molecule has 3 aliphatic rings. The summed E-state index contributed by atoms with van der Waals surface area (Å²) < 4.78 is 71.8. The number of rotatable bonds is 12. The van der Waals surface area contributed by atoms with Crippen molar-refractivity contribution < 1.29 is 77.2 Å². The van der Waals surface area contributed by atoms with Gasteiger partial charge in [-0.2, -0.15) is 0 Å². The van der Waals surface area contributed by atoms with Gasteiger partial charge < -0.3 is 47.1 Å². The Hall–Kier alpha value is -4.22. The van der Waals surface area contributed by atoms with Crippen molar-refractivity contribution in [3.05, 3.63) is 35.8 Å². The van der Waals surface area contributed by atoms with Crippen LogP contribution in [-0.2, 0) is 75.8 Å². The zero-order valence-corrected chi connectivity index (χ0v) is 44.9. The van der Waals surface area contributed by atoms with Crippen molar-refractivity contribution in [3.63, 3.8) is 0 Å². The van der Waals surface area contributed by atoms with Crippen LogP contribution in [0.1, 0.15) is 126 Å². The Morgan fingerprint density at radius 1 is 0.582 bits per heavy atom. The number of carbonyl (C=O) groups excluding carboxylic acids is 6. The van der Waals surface area contributed by atoms with Crippen LogP contribution in [0.3, 0.4) is 0 Å². The van der Waals surface area contributed by atoms with E-state index in [1.807, 2.05) is 19.6 Å². The van der Waals surface area contributed by atoms with Crippen LogP contribution in [0, 0.1) is 44.3 Å². The molecule has 1 saturated heterocycles. The molecular formula is C50H80O16Si. The summed E-state index contributed by atoms with van der Waals surface area (Å²) in [6.45, 7) is 34.6. The van der Waals surface area contributed by atoms with Crippen molar-refractivity contribution in [1.82, 2.24) is 0 Å². The van der Waals surface area contributed by atoms with Crippen LogP contribution in [0.25, 0.3) is 0 Å². The fourth-order valence-electron chi connectivity index (χ4n) is 6.24. The zero-order chi connectivity index (χ0) is 52.5. The predicted octanol–water partition coefficient (Wildman–Crippen LogP) is 8.52. The number of ether oxygens (including phenoxy) is 9. The van der Waals surface area contributed by atoms with Gasteiger partial charge in [0.1, 0.15) is 26.8 Å². The van der Waals surface area contributed by atoms with Gasteiger partial charge in [0.25, 0.3) is 0 Å². The first-order valence-corrected chi connectivity index (χ1v) is 26.4. The van der Waals surface area contributed by atoms with Crippen molar-refractivity contribution >= 4 is 44.1 Å². The molecule has 0 aromatic carbocycles. The zero-order valence-electron chi connectivity index (χ0n) is 44.9. The molecule has 0 unspecified atom stereocenters. The molecule has 380 valence electrons. The van der Waals surface area contributed by atoms with Crippen LogP contribution in [0.5, 0.6) is 0 Å². The van der Waals surface area contributed by atoms with E-state index in [1.54, 1.807) is 131 Å². The Balaban J connectivity index is 2.41. The highest BCUT2D eigenvalue weighted by molar-refractivity contribution is 6.69. The summed E-state index contributed by atoms with van der Waals surface area (Å²) in [7, 11) is -2.44. The maximum absolute atomic E-state index is 14.0. The Morgan fingerprint density at radius 2 is 1.01 bits per heavy atom. The number of allylic oxidation sites excluding steroid dienone is 1. The molecule has 1 fully saturated rings. The highest BCUT2D eigenvalue weighted by Crippen LogP contribution is 2.46. The normalized spacial score (nSPS) is 27.1. The third-order valence-corrected chi connectivity index (χ3v) is 11.1. The standard InChI is InChI=1S/C50H80O16Si/c1-45(2,3)39(51)58-25-29-24-30(62-41(53)47(7,8)9)32-28(26-60-67(19,20)21)22-23-57-37(33(29)32)66-38-36(65-44(56)50(16,17)18)35(64-43(55)49(13,14)15)34(63-42(54)48(10,11)12)31(61-38)27-59-40(52)46(4,5)6/h22-24,26,30-38H,25,27H2,1-21H3/b28-26+/t30-,31-,32+,33-,34-,35+,36-,37+,38+/m1/s1/i26D. The van der Waals surface area contributed by atoms with Gasteiger partial charge in [0.05, 0.1) is 50.9 Å². The molecule has 0 aromatic heterocycles. The fourth-order valence-corrected chi connectivity index (χ4v) is 6.66. The largest absolute Gasteiger partial charge is 0.549 e. The minimum Gasteiger partial charge on any atom is -0.549 e. The lowest BCUT2D eigenvalue weighted by molar-refractivity contribution is -0.343. The SMILES string of the molecule is [2H]/C(O[Si](C)(C)C)=C1/C=CO[C@@H](O[C@@H]2O[C@H](COC(=O)C(C)(C)C)[C@@H](OC(=O)C(C)(C)C)[C@H](OC(=O)C(C)(C)C)[C@H]2OC(=O)C(C)(C)C)[C@@H]2C(COC(=O)C(C)(C)C)=C[C@@H](OC(=O)C(C)(C)C)[C@H]12. The van der Waals surface area contributed by atoms with Crippen molar-refractivity contribution in [2.45, 2.75) is 187 Å². The second kappa shape index (κ2) is 20.8. The lowest BCUT2D eigenvalue weighted by atomic mass is 9.84. The molecule has 17 heteroatoms. The number of esters is 6.